The highest BCUT2D eigenvalue weighted by Gasteiger charge is 2.02. The second kappa shape index (κ2) is 8.74. The molecule has 0 fully saturated rings. The number of methoxy groups -OCH3 is 1. The van der Waals surface area contributed by atoms with Crippen molar-refractivity contribution >= 4 is 5.91 Å². The molecule has 2 aromatic rings. The van der Waals surface area contributed by atoms with Crippen LogP contribution in [0.1, 0.15) is 6.42 Å². The molecule has 0 radical (unpaired) electrons. The molecule has 0 bridgehead atoms. The number of carbonyl (C=O) groups is 1. The molecule has 1 amide bonds. The number of amides is 1. The van der Waals surface area contributed by atoms with Crippen molar-refractivity contribution in [3.63, 3.8) is 0 Å². The largest absolute Gasteiger partial charge is 0.492 e. The Hall–Kier alpha value is -2.47. The third-order valence-corrected chi connectivity index (χ3v) is 2.95. The van der Waals surface area contributed by atoms with Gasteiger partial charge in [0.05, 0.1) is 13.2 Å². The van der Waals surface area contributed by atoms with E-state index in [4.69, 9.17) is 9.47 Å². The minimum absolute atomic E-state index is 0.0411. The molecule has 0 aliphatic rings. The first-order valence-corrected chi connectivity index (χ1v) is 7.03. The number of carbonyl (C=O) groups excluding carboxylic acids is 1. The quantitative estimate of drug-likeness (QED) is 0.751. The van der Waals surface area contributed by atoms with Crippen molar-refractivity contribution in [1.82, 2.24) is 15.3 Å². The Morgan fingerprint density at radius 2 is 2.00 bits per heavy atom. The van der Waals surface area contributed by atoms with Gasteiger partial charge in [0.2, 0.25) is 5.91 Å². The lowest BCUT2D eigenvalue weighted by Crippen LogP contribution is -2.28. The third kappa shape index (κ3) is 5.14. The van der Waals surface area contributed by atoms with Gasteiger partial charge >= 0.3 is 0 Å². The number of benzene rings is 1. The number of hydrogen-bond acceptors (Lipinski definition) is 5. The molecule has 0 atom stereocenters. The number of nitrogens with zero attached hydrogens (tertiary/aromatic N) is 2. The summed E-state index contributed by atoms with van der Waals surface area (Å²) < 4.78 is 10.5. The van der Waals surface area contributed by atoms with Crippen LogP contribution in [0.3, 0.4) is 0 Å². The monoisotopic (exact) mass is 301 g/mol. The zero-order valence-corrected chi connectivity index (χ0v) is 12.5. The van der Waals surface area contributed by atoms with E-state index in [9.17, 15) is 4.79 Å². The van der Waals surface area contributed by atoms with Gasteiger partial charge in [-0.25, -0.2) is 9.97 Å². The summed E-state index contributed by atoms with van der Waals surface area (Å²) in [5.74, 6) is 0.702. The Kier molecular flexibility index (Phi) is 6.32. The Morgan fingerprint density at radius 1 is 1.18 bits per heavy atom. The van der Waals surface area contributed by atoms with Gasteiger partial charge in [-0.3, -0.25) is 4.79 Å². The van der Waals surface area contributed by atoms with Crippen LogP contribution in [0, 0.1) is 0 Å². The van der Waals surface area contributed by atoms with Crippen LogP contribution in [-0.4, -0.2) is 42.7 Å². The molecular formula is C16H19N3O3. The molecule has 1 aromatic carbocycles. The first-order chi connectivity index (χ1) is 10.8. The van der Waals surface area contributed by atoms with Crippen molar-refractivity contribution in [3.05, 3.63) is 43.0 Å². The summed E-state index contributed by atoms with van der Waals surface area (Å²) >= 11 is 0. The van der Waals surface area contributed by atoms with E-state index >= 15 is 0 Å². The minimum atomic E-state index is -0.0411. The molecule has 1 N–H and O–H groups in total. The molecule has 116 valence electrons. The smallest absolute Gasteiger partial charge is 0.222 e. The van der Waals surface area contributed by atoms with Crippen LogP contribution in [0.15, 0.2) is 43.0 Å². The molecule has 22 heavy (non-hydrogen) atoms. The average molecular weight is 301 g/mol. The lowest BCUT2D eigenvalue weighted by atomic mass is 10.1. The van der Waals surface area contributed by atoms with Crippen molar-refractivity contribution in [2.24, 2.45) is 0 Å². The highest BCUT2D eigenvalue weighted by Crippen LogP contribution is 2.22. The summed E-state index contributed by atoms with van der Waals surface area (Å²) in [6.45, 7) is 1.29. The summed E-state index contributed by atoms with van der Waals surface area (Å²) in [7, 11) is 1.57. The van der Waals surface area contributed by atoms with Gasteiger partial charge in [0, 0.05) is 31.5 Å². The fourth-order valence-electron chi connectivity index (χ4n) is 1.86. The van der Waals surface area contributed by atoms with E-state index < -0.39 is 0 Å². The highest BCUT2D eigenvalue weighted by atomic mass is 16.5. The van der Waals surface area contributed by atoms with Crippen LogP contribution in [0.25, 0.3) is 11.1 Å². The van der Waals surface area contributed by atoms with Gasteiger partial charge in [-0.15, -0.1) is 0 Å². The van der Waals surface area contributed by atoms with Crippen molar-refractivity contribution in [2.45, 2.75) is 6.42 Å². The van der Waals surface area contributed by atoms with E-state index in [2.05, 4.69) is 15.3 Å². The van der Waals surface area contributed by atoms with E-state index in [1.54, 1.807) is 19.5 Å². The Balaban J connectivity index is 1.80. The van der Waals surface area contributed by atoms with Crippen LogP contribution in [0.2, 0.25) is 0 Å². The van der Waals surface area contributed by atoms with Crippen LogP contribution >= 0.6 is 0 Å². The van der Waals surface area contributed by atoms with Gasteiger partial charge in [0.25, 0.3) is 0 Å². The zero-order valence-electron chi connectivity index (χ0n) is 12.5. The zero-order chi connectivity index (χ0) is 15.6. The van der Waals surface area contributed by atoms with Gasteiger partial charge < -0.3 is 14.8 Å². The Morgan fingerprint density at radius 3 is 2.77 bits per heavy atom. The maximum Gasteiger partial charge on any atom is 0.222 e. The van der Waals surface area contributed by atoms with Crippen molar-refractivity contribution in [3.8, 4) is 16.9 Å². The third-order valence-electron chi connectivity index (χ3n) is 2.95. The molecule has 0 spiro atoms. The molecule has 0 unspecified atom stereocenters. The van der Waals surface area contributed by atoms with Crippen molar-refractivity contribution < 1.29 is 14.3 Å². The molecular weight excluding hydrogens is 282 g/mol. The van der Waals surface area contributed by atoms with Crippen molar-refractivity contribution in [1.29, 1.82) is 0 Å². The fraction of sp³-hybridized carbons (Fsp3) is 0.312. The molecule has 1 aromatic heterocycles. The second-order valence-corrected chi connectivity index (χ2v) is 4.60. The molecule has 6 nitrogen and oxygen atoms in total. The van der Waals surface area contributed by atoms with Crippen LogP contribution in [0.4, 0.5) is 0 Å². The second-order valence-electron chi connectivity index (χ2n) is 4.60. The van der Waals surface area contributed by atoms with E-state index in [0.29, 0.717) is 26.2 Å². The van der Waals surface area contributed by atoms with Gasteiger partial charge in [-0.2, -0.15) is 0 Å². The summed E-state index contributed by atoms with van der Waals surface area (Å²) in [6, 6.07) is 7.68. The lowest BCUT2D eigenvalue weighted by molar-refractivity contribution is -0.122. The molecule has 6 heteroatoms. The lowest BCUT2D eigenvalue weighted by Gasteiger charge is -2.09. The van der Waals surface area contributed by atoms with Crippen molar-refractivity contribution in [2.75, 3.05) is 26.9 Å². The van der Waals surface area contributed by atoms with E-state index in [-0.39, 0.29) is 5.91 Å². The summed E-state index contributed by atoms with van der Waals surface area (Å²) in [5.41, 5.74) is 1.92. The Labute approximate surface area is 129 Å². The molecule has 0 aliphatic heterocycles. The first kappa shape index (κ1) is 15.9. The fourth-order valence-corrected chi connectivity index (χ4v) is 1.86. The summed E-state index contributed by atoms with van der Waals surface area (Å²) in [6.07, 6.45) is 5.36. The van der Waals surface area contributed by atoms with Gasteiger partial charge in [-0.05, 0) is 17.7 Å². The minimum Gasteiger partial charge on any atom is -0.492 e. The van der Waals surface area contributed by atoms with E-state index in [0.717, 1.165) is 16.9 Å². The number of ether oxygens (including phenoxy) is 2. The predicted octanol–water partition coefficient (Wildman–Crippen LogP) is 1.68. The van der Waals surface area contributed by atoms with E-state index in [1.807, 2.05) is 24.3 Å². The summed E-state index contributed by atoms with van der Waals surface area (Å²) in [4.78, 5) is 19.4. The average Bonchev–Trinajstić information content (AvgIpc) is 2.58. The Bertz CT molecular complexity index is 590. The maximum atomic E-state index is 11.4. The maximum absolute atomic E-state index is 11.4. The molecule has 1 heterocycles. The predicted molar refractivity (Wildman–Crippen MR) is 82.5 cm³/mol. The number of rotatable bonds is 8. The molecule has 0 aliphatic carbocycles. The van der Waals surface area contributed by atoms with Crippen LogP contribution in [0.5, 0.6) is 5.75 Å². The topological polar surface area (TPSA) is 73.3 Å². The molecule has 0 saturated heterocycles. The number of hydrogen-bond donors (Lipinski definition) is 1. The van der Waals surface area contributed by atoms with Gasteiger partial charge in [0.1, 0.15) is 18.7 Å². The summed E-state index contributed by atoms with van der Waals surface area (Å²) in [5, 5.41) is 2.77. The number of nitrogens with one attached hydrogen (secondary N) is 1. The standard InChI is InChI=1S/C16H19N3O3/c1-21-7-5-16(20)19-6-8-22-15-4-2-3-13(9-15)14-10-17-12-18-11-14/h2-4,9-12H,5-8H2,1H3,(H,19,20). The first-order valence-electron chi connectivity index (χ1n) is 7.03. The van der Waals surface area contributed by atoms with Crippen LogP contribution < -0.4 is 10.1 Å². The number of aromatic nitrogens is 2. The van der Waals surface area contributed by atoms with Gasteiger partial charge in [0.15, 0.2) is 0 Å². The van der Waals surface area contributed by atoms with Gasteiger partial charge in [-0.1, -0.05) is 12.1 Å². The molecule has 0 saturated carbocycles. The molecule has 2 rings (SSSR count). The van der Waals surface area contributed by atoms with E-state index in [1.165, 1.54) is 6.33 Å². The van der Waals surface area contributed by atoms with Crippen LogP contribution in [-0.2, 0) is 9.53 Å². The SMILES string of the molecule is COCCC(=O)NCCOc1cccc(-c2cncnc2)c1. The highest BCUT2D eigenvalue weighted by molar-refractivity contribution is 5.75. The normalized spacial score (nSPS) is 10.2.